The van der Waals surface area contributed by atoms with Crippen LogP contribution in [0.4, 0.5) is 0 Å². The maximum atomic E-state index is 15.1. The van der Waals surface area contributed by atoms with Gasteiger partial charge in [-0.25, -0.2) is 0 Å². The zero-order valence-corrected chi connectivity index (χ0v) is 32.3. The lowest BCUT2D eigenvalue weighted by molar-refractivity contribution is -0.149. The van der Waals surface area contributed by atoms with Crippen LogP contribution >= 0.6 is 0 Å². The summed E-state index contributed by atoms with van der Waals surface area (Å²) in [5, 5.41) is 0. The number of allylic oxidation sites excluding steroid dienone is 2. The summed E-state index contributed by atoms with van der Waals surface area (Å²) in [6.45, 7) is 30.5. The molecule has 5 rings (SSSR count). The second kappa shape index (κ2) is 9.11. The number of carbonyl (C=O) groups is 2. The van der Waals surface area contributed by atoms with E-state index in [9.17, 15) is 0 Å². The Kier molecular flexibility index (Phi) is 7.35. The fourth-order valence-electron chi connectivity index (χ4n) is 11.2. The predicted octanol–water partition coefficient (Wildman–Crippen LogP) is 7.44. The molecule has 5 aliphatic rings. The largest absolute Gasteiger partial charge is 0.458 e. The van der Waals surface area contributed by atoms with E-state index < -0.39 is 45.5 Å². The summed E-state index contributed by atoms with van der Waals surface area (Å²) in [6.07, 6.45) is 14.8. The van der Waals surface area contributed by atoms with E-state index in [1.54, 1.807) is 0 Å². The molecule has 3 fully saturated rings. The fourth-order valence-corrected chi connectivity index (χ4v) is 151. The molecule has 2 atom stereocenters. The number of fused-ring (bicyclic) bond motifs is 3. The number of hydrogen-bond donors (Lipinski definition) is 0. The van der Waals surface area contributed by atoms with Crippen molar-refractivity contribution in [2.45, 2.75) is 138 Å². The van der Waals surface area contributed by atoms with Gasteiger partial charge in [0.15, 0.2) is 0 Å². The molecule has 0 saturated carbocycles. The normalized spacial score (nSPS) is 38.8. The molecule has 3 saturated heterocycles. The molecular weight excluding hydrogens is 569 g/mol. The number of ether oxygens (including phenoxy) is 2. The Labute approximate surface area is 237 Å². The van der Waals surface area contributed by atoms with Crippen LogP contribution in [0.3, 0.4) is 0 Å². The molecule has 2 aliphatic carbocycles. The first-order valence-corrected chi connectivity index (χ1v) is 36.0. The molecule has 0 aromatic rings. The second-order valence-corrected chi connectivity index (χ2v) is 65.4. The minimum atomic E-state index is -2.33. The van der Waals surface area contributed by atoms with Crippen molar-refractivity contribution in [3.8, 4) is 0 Å². The summed E-state index contributed by atoms with van der Waals surface area (Å²) in [7, 11) is -14.0. The van der Waals surface area contributed by atoms with Crippen LogP contribution in [-0.4, -0.2) is 69.7 Å². The van der Waals surface area contributed by atoms with Crippen molar-refractivity contribution in [3.63, 3.8) is 0 Å². The lowest BCUT2D eigenvalue weighted by Gasteiger charge is -2.86. The summed E-state index contributed by atoms with van der Waals surface area (Å²) < 4.78 is 12.8. The topological polar surface area (TPSA) is 52.6 Å². The molecule has 0 spiro atoms. The molecule has 0 aromatic heterocycles. The fraction of sp³-hybridized carbons (Fsp3) is 0.786. The van der Waals surface area contributed by atoms with Gasteiger partial charge in [0.25, 0.3) is 0 Å². The SMILES string of the molecule is C[Si]1(C)C2(C(=O)OC3C=CCCC3)[Si](C)(C)[Si](C)(C)C(C(=O)OC3C=CCCC3)([Si]1(C)C)[Si](C)(C)[Si]2(C)C. The van der Waals surface area contributed by atoms with Gasteiger partial charge in [-0.15, -0.1) is 0 Å². The molecule has 38 heavy (non-hydrogen) atoms. The summed E-state index contributed by atoms with van der Waals surface area (Å²) >= 11 is 0. The first kappa shape index (κ1) is 30.7. The van der Waals surface area contributed by atoms with Crippen molar-refractivity contribution in [3.05, 3.63) is 24.3 Å². The van der Waals surface area contributed by atoms with Gasteiger partial charge >= 0.3 is 11.9 Å². The lowest BCUT2D eigenvalue weighted by atomic mass is 10.1. The number of carbonyl (C=O) groups excluding carboxylic acids is 2. The van der Waals surface area contributed by atoms with Gasteiger partial charge in [0.05, 0.1) is 45.5 Å². The van der Waals surface area contributed by atoms with Crippen LogP contribution in [0.2, 0.25) is 87.1 Å². The average Bonchev–Trinajstić information content (AvgIpc) is 2.78. The van der Waals surface area contributed by atoms with Gasteiger partial charge in [-0.05, 0) is 50.7 Å². The Bertz CT molecular complexity index is 915. The molecule has 2 bridgehead atoms. The van der Waals surface area contributed by atoms with E-state index in [1.807, 2.05) is 0 Å². The minimum Gasteiger partial charge on any atom is -0.458 e. The predicted molar refractivity (Wildman–Crippen MR) is 176 cm³/mol. The van der Waals surface area contributed by atoms with Crippen molar-refractivity contribution in [2.75, 3.05) is 0 Å². The summed E-state index contributed by atoms with van der Waals surface area (Å²) in [5.41, 5.74) is 0. The lowest BCUT2D eigenvalue weighted by Crippen LogP contribution is -3.05. The van der Waals surface area contributed by atoms with E-state index in [-0.39, 0.29) is 32.7 Å². The van der Waals surface area contributed by atoms with Crippen LogP contribution in [0.5, 0.6) is 0 Å². The molecule has 214 valence electrons. The van der Waals surface area contributed by atoms with E-state index >= 15 is 9.59 Å². The Balaban J connectivity index is 2.01. The highest BCUT2D eigenvalue weighted by molar-refractivity contribution is 7.80. The smallest absolute Gasteiger partial charge is 0.303 e. The van der Waals surface area contributed by atoms with E-state index in [0.717, 1.165) is 38.5 Å². The third-order valence-electron chi connectivity index (χ3n) is 13.9. The highest BCUT2D eigenvalue weighted by Crippen LogP contribution is 2.80. The zero-order chi connectivity index (χ0) is 28.8. The molecular formula is C28H54O4Si6. The molecule has 2 unspecified atom stereocenters. The molecule has 4 nitrogen and oxygen atoms in total. The van der Waals surface area contributed by atoms with Crippen molar-refractivity contribution >= 4 is 57.5 Å². The maximum absolute atomic E-state index is 15.1. The van der Waals surface area contributed by atoms with E-state index in [4.69, 9.17) is 9.47 Å². The van der Waals surface area contributed by atoms with Gasteiger partial charge in [0, 0.05) is 8.57 Å². The number of rotatable bonds is 4. The van der Waals surface area contributed by atoms with Gasteiger partial charge in [0.2, 0.25) is 0 Å². The van der Waals surface area contributed by atoms with Gasteiger partial charge < -0.3 is 9.47 Å². The van der Waals surface area contributed by atoms with Crippen LogP contribution in [0, 0.1) is 0 Å². The monoisotopic (exact) mass is 622 g/mol. The van der Waals surface area contributed by atoms with Crippen molar-refractivity contribution in [2.24, 2.45) is 0 Å². The standard InChI is InChI=1S/C28H54O4Si6/c1-33(2)27(25(29)31-23-19-15-13-16-20-23)35(5,6)37(9,10)28(34(33,3)4,38(11,12)36(27,7)8)26(30)32-24-21-17-14-18-22-24/h15,17,19,21,23-24H,13-14,16,18,20,22H2,1-12H3. The first-order valence-electron chi connectivity index (χ1n) is 15.0. The molecule has 3 aliphatic heterocycles. The third-order valence-corrected chi connectivity index (χ3v) is 102. The summed E-state index contributed by atoms with van der Waals surface area (Å²) in [6, 6.07) is 0. The summed E-state index contributed by atoms with van der Waals surface area (Å²) in [4.78, 5) is 30.3. The highest BCUT2D eigenvalue weighted by atomic mass is 29.4. The molecule has 0 N–H and O–H groups in total. The molecule has 3 heterocycles. The minimum absolute atomic E-state index is 0.0824. The molecule has 10 heteroatoms. The zero-order valence-electron chi connectivity index (χ0n) is 26.3. The van der Waals surface area contributed by atoms with Crippen molar-refractivity contribution < 1.29 is 19.1 Å². The Morgan fingerprint density at radius 2 is 0.816 bits per heavy atom. The molecule has 0 radical (unpaired) electrons. The summed E-state index contributed by atoms with van der Waals surface area (Å²) in [5.74, 6) is 0.357. The number of hydrogen-bond acceptors (Lipinski definition) is 4. The molecule has 0 aromatic carbocycles. The van der Waals surface area contributed by atoms with Crippen LogP contribution in [0.1, 0.15) is 38.5 Å². The Morgan fingerprint density at radius 1 is 0.553 bits per heavy atom. The quantitative estimate of drug-likeness (QED) is 0.186. The average molecular weight is 623 g/mol. The van der Waals surface area contributed by atoms with E-state index in [2.05, 4.69) is 103 Å². The van der Waals surface area contributed by atoms with Crippen LogP contribution in [0.25, 0.3) is 0 Å². The van der Waals surface area contributed by atoms with Gasteiger partial charge in [-0.3, -0.25) is 9.59 Å². The van der Waals surface area contributed by atoms with Gasteiger partial charge in [0.1, 0.15) is 12.2 Å². The Hall–Kier alpha value is -0.279. The van der Waals surface area contributed by atoms with Crippen LogP contribution in [0.15, 0.2) is 24.3 Å². The van der Waals surface area contributed by atoms with E-state index in [1.165, 1.54) is 0 Å². The van der Waals surface area contributed by atoms with Crippen molar-refractivity contribution in [1.82, 2.24) is 0 Å². The number of esters is 2. The maximum Gasteiger partial charge on any atom is 0.303 e. The van der Waals surface area contributed by atoms with Crippen molar-refractivity contribution in [1.29, 1.82) is 0 Å². The van der Waals surface area contributed by atoms with Crippen LogP contribution in [-0.2, 0) is 19.1 Å². The Morgan fingerprint density at radius 3 is 1.03 bits per heavy atom. The second-order valence-electron chi connectivity index (χ2n) is 15.9. The third kappa shape index (κ3) is 3.16. The van der Waals surface area contributed by atoms with Gasteiger partial charge in [-0.1, -0.05) is 90.7 Å². The van der Waals surface area contributed by atoms with Gasteiger partial charge in [-0.2, -0.15) is 0 Å². The molecule has 0 amide bonds. The van der Waals surface area contributed by atoms with Crippen LogP contribution < -0.4 is 0 Å². The first-order chi connectivity index (χ1) is 17.2. The highest BCUT2D eigenvalue weighted by Gasteiger charge is 2.96. The van der Waals surface area contributed by atoms with E-state index in [0.29, 0.717) is 0 Å².